The summed E-state index contributed by atoms with van der Waals surface area (Å²) in [6.45, 7) is 2.00. The van der Waals surface area contributed by atoms with Gasteiger partial charge in [0.15, 0.2) is 5.69 Å². The lowest BCUT2D eigenvalue weighted by molar-refractivity contribution is -0.140. The minimum atomic E-state index is -4.57. The van der Waals surface area contributed by atoms with E-state index >= 15 is 0 Å². The van der Waals surface area contributed by atoms with Gasteiger partial charge in [0.05, 0.1) is 23.6 Å². The number of aromatic nitrogens is 4. The van der Waals surface area contributed by atoms with Crippen molar-refractivity contribution in [2.45, 2.75) is 19.6 Å². The molecule has 0 aliphatic heterocycles. The molecule has 0 unspecified atom stereocenters. The lowest BCUT2D eigenvalue weighted by atomic mass is 10.1. The molecule has 0 aromatic carbocycles. The van der Waals surface area contributed by atoms with Crippen molar-refractivity contribution in [1.82, 2.24) is 19.7 Å². The Kier molecular flexibility index (Phi) is 4.43. The summed E-state index contributed by atoms with van der Waals surface area (Å²) in [5.41, 5.74) is 1.23. The van der Waals surface area contributed by atoms with Crippen LogP contribution in [0, 0.1) is 6.92 Å². The number of halogens is 3. The van der Waals surface area contributed by atoms with Crippen molar-refractivity contribution in [3.05, 3.63) is 59.8 Å². The Morgan fingerprint density at radius 3 is 2.60 bits per heavy atom. The van der Waals surface area contributed by atoms with Crippen LogP contribution in [0.25, 0.3) is 11.3 Å². The molecule has 3 aromatic rings. The predicted molar refractivity (Wildman–Crippen MR) is 87.7 cm³/mol. The van der Waals surface area contributed by atoms with E-state index in [1.165, 1.54) is 12.3 Å². The second-order valence-corrected chi connectivity index (χ2v) is 5.68. The first-order chi connectivity index (χ1) is 11.8. The molecule has 0 atom stereocenters. The van der Waals surface area contributed by atoms with Crippen molar-refractivity contribution in [1.29, 1.82) is 0 Å². The molecule has 0 saturated heterocycles. The van der Waals surface area contributed by atoms with Gasteiger partial charge in [-0.2, -0.15) is 18.3 Å². The van der Waals surface area contributed by atoms with E-state index in [1.54, 1.807) is 42.3 Å². The monoisotopic (exact) mass is 347 g/mol. The van der Waals surface area contributed by atoms with Crippen molar-refractivity contribution in [3.8, 4) is 11.3 Å². The van der Waals surface area contributed by atoms with E-state index in [0.717, 1.165) is 5.56 Å². The zero-order valence-corrected chi connectivity index (χ0v) is 13.7. The number of alkyl halides is 3. The number of rotatable bonds is 4. The Hall–Kier alpha value is -2.90. The molecular formula is C17H16F3N5. The average Bonchev–Trinajstić information content (AvgIpc) is 2.97. The first kappa shape index (κ1) is 16.9. The third-order valence-corrected chi connectivity index (χ3v) is 3.56. The van der Waals surface area contributed by atoms with Crippen LogP contribution in [0.5, 0.6) is 0 Å². The van der Waals surface area contributed by atoms with E-state index in [4.69, 9.17) is 0 Å². The summed E-state index contributed by atoms with van der Waals surface area (Å²) < 4.78 is 41.8. The number of anilines is 1. The van der Waals surface area contributed by atoms with Crippen molar-refractivity contribution >= 4 is 5.69 Å². The lowest BCUT2D eigenvalue weighted by Crippen LogP contribution is -2.14. The van der Waals surface area contributed by atoms with Crippen LogP contribution in [0.4, 0.5) is 18.9 Å². The van der Waals surface area contributed by atoms with E-state index in [-0.39, 0.29) is 17.9 Å². The highest BCUT2D eigenvalue weighted by Gasteiger charge is 2.36. The van der Waals surface area contributed by atoms with E-state index in [9.17, 15) is 13.2 Å². The molecule has 1 N–H and O–H groups in total. The molecule has 3 aromatic heterocycles. The molecular weight excluding hydrogens is 331 g/mol. The van der Waals surface area contributed by atoms with Gasteiger partial charge in [-0.05, 0) is 36.8 Å². The highest BCUT2D eigenvalue weighted by molar-refractivity contribution is 5.63. The minimum Gasteiger partial charge on any atom is -0.378 e. The largest absolute Gasteiger partial charge is 0.435 e. The molecule has 0 radical (unpaired) electrons. The Bertz CT molecular complexity index is 886. The quantitative estimate of drug-likeness (QED) is 0.780. The summed E-state index contributed by atoms with van der Waals surface area (Å²) in [7, 11) is 1.75. The van der Waals surface area contributed by atoms with Crippen molar-refractivity contribution < 1.29 is 13.2 Å². The normalized spacial score (nSPS) is 11.6. The second kappa shape index (κ2) is 6.54. The number of aryl methyl sites for hydroxylation is 2. The maximum absolute atomic E-state index is 13.4. The van der Waals surface area contributed by atoms with Crippen LogP contribution in [0.1, 0.15) is 17.0 Å². The fourth-order valence-corrected chi connectivity index (χ4v) is 2.42. The van der Waals surface area contributed by atoms with Gasteiger partial charge in [0.1, 0.15) is 0 Å². The van der Waals surface area contributed by atoms with Crippen molar-refractivity contribution in [3.63, 3.8) is 0 Å². The first-order valence-corrected chi connectivity index (χ1v) is 7.55. The van der Waals surface area contributed by atoms with Crippen LogP contribution in [0.2, 0.25) is 0 Å². The molecule has 0 bridgehead atoms. The molecule has 5 nitrogen and oxygen atoms in total. The Morgan fingerprint density at radius 1 is 1.16 bits per heavy atom. The average molecular weight is 347 g/mol. The molecule has 0 aliphatic carbocycles. The summed E-state index contributed by atoms with van der Waals surface area (Å²) in [6.07, 6.45) is 0.293. The van der Waals surface area contributed by atoms with E-state index in [1.807, 2.05) is 6.92 Å². The van der Waals surface area contributed by atoms with E-state index in [2.05, 4.69) is 20.4 Å². The van der Waals surface area contributed by atoms with Gasteiger partial charge in [0.25, 0.3) is 0 Å². The third kappa shape index (κ3) is 3.96. The number of nitrogens with one attached hydrogen (secondary N) is 1. The lowest BCUT2D eigenvalue weighted by Gasteiger charge is -2.14. The highest BCUT2D eigenvalue weighted by Crippen LogP contribution is 2.35. The van der Waals surface area contributed by atoms with Gasteiger partial charge in [-0.15, -0.1) is 0 Å². The van der Waals surface area contributed by atoms with Crippen LogP contribution in [-0.2, 0) is 19.8 Å². The maximum atomic E-state index is 13.4. The molecule has 0 saturated carbocycles. The van der Waals surface area contributed by atoms with E-state index < -0.39 is 11.9 Å². The molecule has 0 amide bonds. The first-order valence-electron chi connectivity index (χ1n) is 7.55. The van der Waals surface area contributed by atoms with Gasteiger partial charge in [0, 0.05) is 31.2 Å². The van der Waals surface area contributed by atoms with Crippen LogP contribution in [-0.4, -0.2) is 19.7 Å². The van der Waals surface area contributed by atoms with Gasteiger partial charge in [-0.1, -0.05) is 0 Å². The zero-order chi connectivity index (χ0) is 18.0. The predicted octanol–water partition coefficient (Wildman–Crippen LogP) is 3.82. The zero-order valence-electron chi connectivity index (χ0n) is 13.7. The molecule has 0 fully saturated rings. The fourth-order valence-electron chi connectivity index (χ4n) is 2.42. The highest BCUT2D eigenvalue weighted by atomic mass is 19.4. The summed E-state index contributed by atoms with van der Waals surface area (Å²) in [5, 5.41) is 6.90. The molecule has 0 aliphatic rings. The van der Waals surface area contributed by atoms with Crippen molar-refractivity contribution in [2.75, 3.05) is 5.32 Å². The van der Waals surface area contributed by atoms with Gasteiger partial charge in [-0.25, -0.2) is 4.98 Å². The SMILES string of the molecule is Cc1cncc(-c2ccc(NCc3ccn(C)n3)c(C(F)(F)F)n2)c1. The summed E-state index contributed by atoms with van der Waals surface area (Å²) in [6, 6.07) is 6.42. The molecule has 8 heteroatoms. The van der Waals surface area contributed by atoms with E-state index in [0.29, 0.717) is 11.3 Å². The second-order valence-electron chi connectivity index (χ2n) is 5.68. The smallest absolute Gasteiger partial charge is 0.378 e. The molecule has 130 valence electrons. The van der Waals surface area contributed by atoms with Crippen LogP contribution < -0.4 is 5.32 Å². The van der Waals surface area contributed by atoms with Crippen LogP contribution >= 0.6 is 0 Å². The topological polar surface area (TPSA) is 55.6 Å². The molecule has 0 spiro atoms. The maximum Gasteiger partial charge on any atom is 0.435 e. The van der Waals surface area contributed by atoms with Crippen molar-refractivity contribution in [2.24, 2.45) is 7.05 Å². The Morgan fingerprint density at radius 2 is 1.96 bits per heavy atom. The number of hydrogen-bond donors (Lipinski definition) is 1. The Balaban J connectivity index is 1.93. The molecule has 3 rings (SSSR count). The van der Waals surface area contributed by atoms with Gasteiger partial charge in [0.2, 0.25) is 0 Å². The summed E-state index contributed by atoms with van der Waals surface area (Å²) in [4.78, 5) is 7.83. The third-order valence-electron chi connectivity index (χ3n) is 3.56. The van der Waals surface area contributed by atoms with Gasteiger partial charge < -0.3 is 5.32 Å². The van der Waals surface area contributed by atoms with Gasteiger partial charge >= 0.3 is 6.18 Å². The number of pyridine rings is 2. The summed E-state index contributed by atoms with van der Waals surface area (Å²) >= 11 is 0. The molecule has 25 heavy (non-hydrogen) atoms. The summed E-state index contributed by atoms with van der Waals surface area (Å²) in [5.74, 6) is 0. The standard InChI is InChI=1S/C17H16F3N5/c1-11-7-12(9-21-8-11)14-3-4-15(16(23-14)17(18,19)20)22-10-13-5-6-25(2)24-13/h3-9,22H,10H2,1-2H3. The Labute approximate surface area is 142 Å². The minimum absolute atomic E-state index is 0.0810. The van der Waals surface area contributed by atoms with Gasteiger partial charge in [-0.3, -0.25) is 9.67 Å². The molecule has 3 heterocycles. The fraction of sp³-hybridized carbons (Fsp3) is 0.235. The van der Waals surface area contributed by atoms with Crippen LogP contribution in [0.15, 0.2) is 42.9 Å². The number of nitrogens with zero attached hydrogens (tertiary/aromatic N) is 4. The van der Waals surface area contributed by atoms with Crippen LogP contribution in [0.3, 0.4) is 0 Å². The number of hydrogen-bond acceptors (Lipinski definition) is 4.